The lowest BCUT2D eigenvalue weighted by molar-refractivity contribution is 0.992. The molecule has 3 aromatic rings. The highest BCUT2D eigenvalue weighted by Crippen LogP contribution is 2.78. The van der Waals surface area contributed by atoms with Gasteiger partial charge in [0.15, 0.2) is 7.91 Å². The zero-order chi connectivity index (χ0) is 28.0. The van der Waals surface area contributed by atoms with Crippen molar-refractivity contribution in [2.45, 2.75) is 109 Å². The molecule has 2 nitrogen and oxygen atoms in total. The lowest BCUT2D eigenvalue weighted by Gasteiger charge is -2.38. The highest BCUT2D eigenvalue weighted by molar-refractivity contribution is 8.28. The molecular formula is C34H48N2P2. The molecule has 0 spiro atoms. The molecule has 0 amide bonds. The van der Waals surface area contributed by atoms with Crippen molar-refractivity contribution in [3.63, 3.8) is 0 Å². The summed E-state index contributed by atoms with van der Waals surface area (Å²) in [5.41, 5.74) is 17.3. The van der Waals surface area contributed by atoms with Crippen LogP contribution in [0.25, 0.3) is 0 Å². The summed E-state index contributed by atoms with van der Waals surface area (Å²) in [6.07, 6.45) is 4.60. The molecule has 204 valence electrons. The number of allylic oxidation sites excluding steroid dienone is 2. The molecule has 0 fully saturated rings. The van der Waals surface area contributed by atoms with Gasteiger partial charge in [-0.2, -0.15) is 0 Å². The molecule has 1 aliphatic rings. The van der Waals surface area contributed by atoms with Crippen LogP contribution in [0, 0.1) is 41.5 Å². The second-order valence-corrected chi connectivity index (χ2v) is 16.4. The molecular weight excluding hydrogens is 498 g/mol. The fraction of sp³-hybridized carbons (Fsp3) is 0.471. The van der Waals surface area contributed by atoms with Crippen LogP contribution in [0.15, 0.2) is 35.7 Å². The van der Waals surface area contributed by atoms with Crippen molar-refractivity contribution < 1.29 is 0 Å². The molecule has 1 aliphatic heterocycles. The Labute approximate surface area is 235 Å². The molecule has 0 aliphatic carbocycles. The van der Waals surface area contributed by atoms with Gasteiger partial charge >= 0.3 is 0 Å². The van der Waals surface area contributed by atoms with Gasteiger partial charge in [0.2, 0.25) is 0 Å². The van der Waals surface area contributed by atoms with Crippen LogP contribution >= 0.6 is 15.1 Å². The van der Waals surface area contributed by atoms with Crippen LogP contribution < -0.4 is 9.34 Å². The molecule has 0 atom stereocenters. The monoisotopic (exact) mass is 546 g/mol. The average Bonchev–Trinajstić information content (AvgIpc) is 3.28. The van der Waals surface area contributed by atoms with E-state index in [4.69, 9.17) is 0 Å². The fourth-order valence-corrected chi connectivity index (χ4v) is 17.0. The SMILES string of the molecule is CCc1c(CC)c(CC)p(P2N(c3c(C)cc(C)cc3C)C(C)=C(C)N2c2c(C)cc(C)cc2C)c1CC. The summed E-state index contributed by atoms with van der Waals surface area (Å²) in [5, 5.41) is 3.51. The van der Waals surface area contributed by atoms with Crippen molar-refractivity contribution in [1.29, 1.82) is 0 Å². The Kier molecular flexibility index (Phi) is 8.57. The van der Waals surface area contributed by atoms with Crippen LogP contribution in [0.5, 0.6) is 0 Å². The van der Waals surface area contributed by atoms with Crippen molar-refractivity contribution in [3.05, 3.63) is 90.8 Å². The third kappa shape index (κ3) is 4.57. The smallest absolute Gasteiger partial charge is 0.156 e. The van der Waals surface area contributed by atoms with E-state index in [2.05, 4.69) is 117 Å². The first kappa shape index (κ1) is 29.0. The minimum Gasteiger partial charge on any atom is -0.298 e. The maximum absolute atomic E-state index is 2.82. The standard InChI is InChI=1S/C34H48N2P2/c1-13-29-30(14-2)32(16-4)37(31(29)15-3)38-35(33-23(7)17-21(5)18-24(33)8)27(11)28(12)36(38)34-25(9)19-22(6)20-26(34)10/h17-20H,13-16H2,1-12H3. The number of aryl methyl sites for hydroxylation is 6. The molecule has 4 heteroatoms. The van der Waals surface area contributed by atoms with Gasteiger partial charge in [-0.3, -0.25) is 9.34 Å². The van der Waals surface area contributed by atoms with Crippen LogP contribution in [-0.2, 0) is 25.7 Å². The maximum atomic E-state index is 2.82. The van der Waals surface area contributed by atoms with E-state index in [-0.39, 0.29) is 0 Å². The topological polar surface area (TPSA) is 6.48 Å². The molecule has 0 radical (unpaired) electrons. The molecule has 2 aromatic carbocycles. The minimum atomic E-state index is -0.702. The van der Waals surface area contributed by atoms with Gasteiger partial charge in [0.25, 0.3) is 0 Å². The molecule has 0 saturated heterocycles. The lowest BCUT2D eigenvalue weighted by Crippen LogP contribution is -2.18. The van der Waals surface area contributed by atoms with E-state index in [0.717, 1.165) is 25.7 Å². The van der Waals surface area contributed by atoms with E-state index in [1.165, 1.54) is 56.1 Å². The molecule has 0 unspecified atom stereocenters. The maximum Gasteiger partial charge on any atom is 0.156 e. The van der Waals surface area contributed by atoms with Crippen molar-refractivity contribution in [3.8, 4) is 0 Å². The van der Waals surface area contributed by atoms with E-state index >= 15 is 0 Å². The van der Waals surface area contributed by atoms with Crippen molar-refractivity contribution in [1.82, 2.24) is 0 Å². The van der Waals surface area contributed by atoms with E-state index in [1.807, 2.05) is 0 Å². The van der Waals surface area contributed by atoms with E-state index in [1.54, 1.807) is 21.7 Å². The van der Waals surface area contributed by atoms with Gasteiger partial charge in [0.05, 0.1) is 11.4 Å². The highest BCUT2D eigenvalue weighted by atomic mass is 32.1. The van der Waals surface area contributed by atoms with Crippen LogP contribution in [0.1, 0.15) is 96.6 Å². The van der Waals surface area contributed by atoms with Crippen LogP contribution in [0.4, 0.5) is 11.4 Å². The lowest BCUT2D eigenvalue weighted by atomic mass is 10.0. The summed E-state index contributed by atoms with van der Waals surface area (Å²) < 4.78 is 5.63. The third-order valence-electron chi connectivity index (χ3n) is 8.34. The first-order valence-electron chi connectivity index (χ1n) is 14.5. The highest BCUT2D eigenvalue weighted by Gasteiger charge is 2.43. The average molecular weight is 547 g/mol. The van der Waals surface area contributed by atoms with Gasteiger partial charge in [-0.1, -0.05) is 63.1 Å². The Hall–Kier alpha value is -2.01. The summed E-state index contributed by atoms with van der Waals surface area (Å²) >= 11 is 0. The Morgan fingerprint density at radius 2 is 0.816 bits per heavy atom. The van der Waals surface area contributed by atoms with Crippen molar-refractivity contribution in [2.75, 3.05) is 9.34 Å². The van der Waals surface area contributed by atoms with Crippen molar-refractivity contribution in [2.24, 2.45) is 0 Å². The second-order valence-electron chi connectivity index (χ2n) is 11.1. The summed E-state index contributed by atoms with van der Waals surface area (Å²) in [6.45, 7) is 28.1. The molecule has 4 rings (SSSR count). The molecule has 1 aromatic heterocycles. The summed E-state index contributed by atoms with van der Waals surface area (Å²) in [7, 11) is -1.18. The molecule has 2 heterocycles. The zero-order valence-electron chi connectivity index (χ0n) is 25.9. The summed E-state index contributed by atoms with van der Waals surface area (Å²) in [5.74, 6) is 0. The molecule has 0 saturated carbocycles. The predicted octanol–water partition coefficient (Wildman–Crippen LogP) is 11.1. The Balaban J connectivity index is 2.15. The van der Waals surface area contributed by atoms with Gasteiger partial charge in [-0.05, 0) is 132 Å². The molecule has 0 N–H and O–H groups in total. The minimum absolute atomic E-state index is 0.473. The summed E-state index contributed by atoms with van der Waals surface area (Å²) in [6, 6.07) is 9.53. The van der Waals surface area contributed by atoms with Crippen LogP contribution in [0.3, 0.4) is 0 Å². The molecule has 38 heavy (non-hydrogen) atoms. The number of rotatable bonds is 7. The van der Waals surface area contributed by atoms with Crippen LogP contribution in [0.2, 0.25) is 0 Å². The number of nitrogens with zero attached hydrogens (tertiary/aromatic N) is 2. The van der Waals surface area contributed by atoms with Gasteiger partial charge in [-0.15, -0.1) is 0 Å². The van der Waals surface area contributed by atoms with E-state index < -0.39 is 15.1 Å². The van der Waals surface area contributed by atoms with Gasteiger partial charge < -0.3 is 0 Å². The third-order valence-corrected chi connectivity index (χ3v) is 16.2. The normalized spacial score (nSPS) is 14.4. The van der Waals surface area contributed by atoms with E-state index in [9.17, 15) is 0 Å². The first-order chi connectivity index (χ1) is 18.0. The second kappa shape index (κ2) is 11.2. The number of anilines is 2. The van der Waals surface area contributed by atoms with E-state index in [0.29, 0.717) is 0 Å². The first-order valence-corrected chi connectivity index (χ1v) is 17.8. The van der Waals surface area contributed by atoms with Gasteiger partial charge in [0.1, 0.15) is 0 Å². The Morgan fingerprint density at radius 3 is 1.08 bits per heavy atom. The fourth-order valence-electron chi connectivity index (χ4n) is 6.91. The van der Waals surface area contributed by atoms with Gasteiger partial charge in [0, 0.05) is 11.4 Å². The predicted molar refractivity (Wildman–Crippen MR) is 174 cm³/mol. The number of hydrogen-bond acceptors (Lipinski definition) is 2. The van der Waals surface area contributed by atoms with Crippen molar-refractivity contribution >= 4 is 26.5 Å². The molecule has 0 bridgehead atoms. The Bertz CT molecular complexity index is 1260. The quantitative estimate of drug-likeness (QED) is 0.272. The number of benzene rings is 2. The summed E-state index contributed by atoms with van der Waals surface area (Å²) in [4.78, 5) is 0. The zero-order valence-corrected chi connectivity index (χ0v) is 27.7. The largest absolute Gasteiger partial charge is 0.298 e. The number of hydrogen-bond donors (Lipinski definition) is 0. The van der Waals surface area contributed by atoms with Crippen LogP contribution in [-0.4, -0.2) is 0 Å². The Morgan fingerprint density at radius 1 is 0.500 bits per heavy atom. The van der Waals surface area contributed by atoms with Gasteiger partial charge in [-0.25, -0.2) is 0 Å².